The van der Waals surface area contributed by atoms with Crippen LogP contribution in [0.5, 0.6) is 0 Å². The average Bonchev–Trinajstić information content (AvgIpc) is 1.65. The quantitative estimate of drug-likeness (QED) is 0.301. The molecule has 0 spiro atoms. The molecule has 0 atom stereocenters. The Balaban J connectivity index is -0.0000000720. The van der Waals surface area contributed by atoms with E-state index in [1.807, 2.05) is 0 Å². The normalized spacial score (nSPS) is 7.22. The minimum absolute atomic E-state index is 0. The van der Waals surface area contributed by atoms with Gasteiger partial charge in [-0.05, 0) is 0 Å². The zero-order valence-corrected chi connectivity index (χ0v) is 9.05. The van der Waals surface area contributed by atoms with Crippen LogP contribution in [0.4, 0.5) is 0 Å². The van der Waals surface area contributed by atoms with Crippen LogP contribution in [-0.2, 0) is 24.0 Å². The molecule has 0 aliphatic carbocycles. The van der Waals surface area contributed by atoms with E-state index >= 15 is 0 Å². The summed E-state index contributed by atoms with van der Waals surface area (Å²) < 4.78 is 8.74. The van der Waals surface area contributed by atoms with Crippen molar-refractivity contribution >= 4 is 8.25 Å². The zero-order valence-electron chi connectivity index (χ0n) is 5.08. The van der Waals surface area contributed by atoms with E-state index in [1.54, 1.807) is 0 Å². The molecule has 5 nitrogen and oxygen atoms in total. The van der Waals surface area contributed by atoms with Crippen molar-refractivity contribution in [2.24, 2.45) is 11.5 Å². The molecule has 0 saturated carbocycles. The van der Waals surface area contributed by atoms with E-state index < -0.39 is 8.25 Å². The third kappa shape index (κ3) is 136. The molecule has 0 amide bonds. The summed E-state index contributed by atoms with van der Waals surface area (Å²) in [6.45, 7) is 1.19. The third-order valence-corrected chi connectivity index (χ3v) is 0.167. The molecule has 0 aliphatic heterocycles. The SMILES string of the molecule is NCCN.O=[PH](O)O.[Zn]. The first kappa shape index (κ1) is 16.4. The summed E-state index contributed by atoms with van der Waals surface area (Å²) in [5, 5.41) is 0. The van der Waals surface area contributed by atoms with Gasteiger partial charge in [0.05, 0.1) is 0 Å². The summed E-state index contributed by atoms with van der Waals surface area (Å²) in [7, 11) is -3.13. The fourth-order valence-electron chi connectivity index (χ4n) is 0. The van der Waals surface area contributed by atoms with Gasteiger partial charge in [0, 0.05) is 32.6 Å². The molecule has 0 aliphatic rings. The second-order valence-electron chi connectivity index (χ2n) is 0.860. The first-order chi connectivity index (χ1) is 3.65. The summed E-state index contributed by atoms with van der Waals surface area (Å²) in [4.78, 5) is 14.3. The number of nitrogens with two attached hydrogens (primary N) is 2. The Morgan fingerprint density at radius 2 is 1.33 bits per heavy atom. The van der Waals surface area contributed by atoms with Gasteiger partial charge in [-0.15, -0.1) is 0 Å². The van der Waals surface area contributed by atoms with Crippen LogP contribution < -0.4 is 11.5 Å². The van der Waals surface area contributed by atoms with Gasteiger partial charge in [0.2, 0.25) is 0 Å². The van der Waals surface area contributed by atoms with Gasteiger partial charge >= 0.3 is 8.25 Å². The molecule has 0 bridgehead atoms. The summed E-state index contributed by atoms with van der Waals surface area (Å²) >= 11 is 0. The molecule has 0 aromatic rings. The molecule has 0 saturated heterocycles. The molecular formula is C2H11N2O3PZn. The average molecular weight is 207 g/mol. The maximum Gasteiger partial charge on any atom is 0.314 e. The first-order valence-corrected chi connectivity index (χ1v) is 3.27. The second kappa shape index (κ2) is 15.9. The Bertz CT molecular complexity index is 57.8. The Labute approximate surface area is 67.1 Å². The summed E-state index contributed by atoms with van der Waals surface area (Å²) in [5.74, 6) is 0. The number of hydrogen-bond donors (Lipinski definition) is 4. The fourth-order valence-corrected chi connectivity index (χ4v) is 0. The molecular weight excluding hydrogens is 196 g/mol. The Hall–Kier alpha value is 0.693. The standard InChI is InChI=1S/C2H8N2.H3O3P.Zn/c3-1-2-4;1-4(2)3;/h1-4H2;4H,(H2,1,2,3);. The van der Waals surface area contributed by atoms with E-state index in [-0.39, 0.29) is 19.5 Å². The molecule has 7 heteroatoms. The molecule has 6 N–H and O–H groups in total. The molecule has 0 unspecified atom stereocenters. The number of hydrogen-bond acceptors (Lipinski definition) is 3. The molecule has 9 heavy (non-hydrogen) atoms. The van der Waals surface area contributed by atoms with Crippen LogP contribution >= 0.6 is 8.25 Å². The van der Waals surface area contributed by atoms with E-state index in [0.717, 1.165) is 0 Å². The molecule has 0 heterocycles. The van der Waals surface area contributed by atoms with E-state index in [4.69, 9.17) is 25.8 Å². The molecule has 0 aromatic carbocycles. The monoisotopic (exact) mass is 206 g/mol. The van der Waals surface area contributed by atoms with Gasteiger partial charge in [-0.1, -0.05) is 0 Å². The van der Waals surface area contributed by atoms with Crippen LogP contribution in [0.3, 0.4) is 0 Å². The van der Waals surface area contributed by atoms with Gasteiger partial charge in [0.25, 0.3) is 0 Å². The Morgan fingerprint density at radius 3 is 1.33 bits per heavy atom. The molecule has 0 rings (SSSR count). The predicted octanol–water partition coefficient (Wildman–Crippen LogP) is -1.74. The van der Waals surface area contributed by atoms with Gasteiger partial charge in [-0.2, -0.15) is 0 Å². The van der Waals surface area contributed by atoms with E-state index in [1.165, 1.54) is 0 Å². The van der Waals surface area contributed by atoms with Crippen LogP contribution in [0.1, 0.15) is 0 Å². The smallest absolute Gasteiger partial charge is 0.314 e. The Morgan fingerprint density at radius 1 is 1.22 bits per heavy atom. The Kier molecular flexibility index (Phi) is 28.8. The molecule has 0 aromatic heterocycles. The summed E-state index contributed by atoms with van der Waals surface area (Å²) in [6, 6.07) is 0. The van der Waals surface area contributed by atoms with Gasteiger partial charge in [-0.25, -0.2) is 0 Å². The maximum absolute atomic E-state index is 8.74. The zero-order chi connectivity index (χ0) is 6.99. The van der Waals surface area contributed by atoms with Gasteiger partial charge in [0.15, 0.2) is 0 Å². The van der Waals surface area contributed by atoms with Gasteiger partial charge < -0.3 is 21.3 Å². The topological polar surface area (TPSA) is 110 Å². The fraction of sp³-hybridized carbons (Fsp3) is 1.00. The maximum atomic E-state index is 8.74. The number of rotatable bonds is 1. The van der Waals surface area contributed by atoms with Crippen LogP contribution in [-0.4, -0.2) is 22.9 Å². The van der Waals surface area contributed by atoms with E-state index in [9.17, 15) is 0 Å². The van der Waals surface area contributed by atoms with Crippen molar-refractivity contribution in [1.29, 1.82) is 0 Å². The predicted molar refractivity (Wildman–Crippen MR) is 31.5 cm³/mol. The van der Waals surface area contributed by atoms with Crippen molar-refractivity contribution < 1.29 is 33.8 Å². The van der Waals surface area contributed by atoms with Crippen LogP contribution in [0.2, 0.25) is 0 Å². The summed E-state index contributed by atoms with van der Waals surface area (Å²) in [5.41, 5.74) is 9.81. The minimum Gasteiger partial charge on any atom is -0.329 e. The van der Waals surface area contributed by atoms with Crippen LogP contribution in [0, 0.1) is 0 Å². The van der Waals surface area contributed by atoms with E-state index in [0.29, 0.717) is 13.1 Å². The van der Waals surface area contributed by atoms with Crippen molar-refractivity contribution in [3.8, 4) is 0 Å². The molecule has 0 radical (unpaired) electrons. The van der Waals surface area contributed by atoms with Crippen LogP contribution in [0.15, 0.2) is 0 Å². The van der Waals surface area contributed by atoms with Gasteiger partial charge in [-0.3, -0.25) is 4.57 Å². The third-order valence-electron chi connectivity index (χ3n) is 0.167. The summed E-state index contributed by atoms with van der Waals surface area (Å²) in [6.07, 6.45) is 0. The van der Waals surface area contributed by atoms with Crippen molar-refractivity contribution in [1.82, 2.24) is 0 Å². The van der Waals surface area contributed by atoms with Crippen molar-refractivity contribution in [3.05, 3.63) is 0 Å². The minimum atomic E-state index is -3.13. The van der Waals surface area contributed by atoms with Gasteiger partial charge in [0.1, 0.15) is 0 Å². The van der Waals surface area contributed by atoms with E-state index in [2.05, 4.69) is 0 Å². The van der Waals surface area contributed by atoms with Crippen molar-refractivity contribution in [2.75, 3.05) is 13.1 Å². The van der Waals surface area contributed by atoms with Crippen molar-refractivity contribution in [2.45, 2.75) is 0 Å². The first-order valence-electron chi connectivity index (χ1n) is 1.97. The molecule has 0 fully saturated rings. The molecule has 54 valence electrons. The van der Waals surface area contributed by atoms with Crippen LogP contribution in [0.25, 0.3) is 0 Å². The van der Waals surface area contributed by atoms with Crippen molar-refractivity contribution in [3.63, 3.8) is 0 Å². The largest absolute Gasteiger partial charge is 0.329 e. The second-order valence-corrected chi connectivity index (χ2v) is 1.43.